The highest BCUT2D eigenvalue weighted by Crippen LogP contribution is 2.49. The summed E-state index contributed by atoms with van der Waals surface area (Å²) in [5.41, 5.74) is 0.791. The van der Waals surface area contributed by atoms with Crippen molar-refractivity contribution in [2.75, 3.05) is 11.9 Å². The van der Waals surface area contributed by atoms with Crippen molar-refractivity contribution < 1.29 is 19.4 Å². The molecule has 23 heavy (non-hydrogen) atoms. The predicted octanol–water partition coefficient (Wildman–Crippen LogP) is 3.30. The number of hydrogen-bond donors (Lipinski definition) is 2. The molecular formula is C18H23NO4. The van der Waals surface area contributed by atoms with Gasteiger partial charge >= 0.3 is 5.97 Å². The van der Waals surface area contributed by atoms with Crippen LogP contribution >= 0.6 is 0 Å². The number of carbonyl (C=O) groups excluding carboxylic acids is 1. The number of carbonyl (C=O) groups is 2. The van der Waals surface area contributed by atoms with Crippen LogP contribution in [-0.4, -0.2) is 23.6 Å². The van der Waals surface area contributed by atoms with Crippen LogP contribution in [0.3, 0.4) is 0 Å². The number of aliphatic carboxylic acids is 1. The molecule has 2 aliphatic rings. The number of carboxylic acid groups (broad SMARTS) is 1. The molecule has 1 aromatic carbocycles. The third-order valence-corrected chi connectivity index (χ3v) is 4.49. The van der Waals surface area contributed by atoms with E-state index in [0.717, 1.165) is 5.69 Å². The minimum Gasteiger partial charge on any atom is -0.494 e. The Hall–Kier alpha value is -2.04. The molecule has 0 atom stereocenters. The molecule has 1 aromatic rings. The summed E-state index contributed by atoms with van der Waals surface area (Å²) in [6.45, 7) is 0.378. The summed E-state index contributed by atoms with van der Waals surface area (Å²) in [4.78, 5) is 22.9. The molecule has 2 aliphatic carbocycles. The van der Waals surface area contributed by atoms with Crippen molar-refractivity contribution in [1.29, 1.82) is 0 Å². The SMILES string of the molecule is O=C(O)CCCOc1ccc(NC(=O)C(C2CC2)C2CC2)cc1. The lowest BCUT2D eigenvalue weighted by Gasteiger charge is -2.15. The van der Waals surface area contributed by atoms with Gasteiger partial charge in [0.05, 0.1) is 6.61 Å². The Labute approximate surface area is 136 Å². The van der Waals surface area contributed by atoms with Gasteiger partial charge in [-0.2, -0.15) is 0 Å². The van der Waals surface area contributed by atoms with E-state index in [1.807, 2.05) is 12.1 Å². The zero-order valence-electron chi connectivity index (χ0n) is 13.2. The number of amides is 1. The van der Waals surface area contributed by atoms with Crippen LogP contribution < -0.4 is 10.1 Å². The van der Waals surface area contributed by atoms with Gasteiger partial charge in [0.15, 0.2) is 0 Å². The molecule has 0 aromatic heterocycles. The van der Waals surface area contributed by atoms with E-state index in [9.17, 15) is 9.59 Å². The van der Waals surface area contributed by atoms with Crippen molar-refractivity contribution in [3.8, 4) is 5.75 Å². The van der Waals surface area contributed by atoms with E-state index in [-0.39, 0.29) is 18.2 Å². The molecule has 5 nitrogen and oxygen atoms in total. The van der Waals surface area contributed by atoms with E-state index in [2.05, 4.69) is 5.32 Å². The molecule has 1 amide bonds. The largest absolute Gasteiger partial charge is 0.494 e. The average Bonchev–Trinajstić information content (AvgIpc) is 3.40. The highest BCUT2D eigenvalue weighted by molar-refractivity contribution is 5.93. The van der Waals surface area contributed by atoms with Gasteiger partial charge in [-0.15, -0.1) is 0 Å². The van der Waals surface area contributed by atoms with Crippen LogP contribution in [0.15, 0.2) is 24.3 Å². The van der Waals surface area contributed by atoms with Gasteiger partial charge in [-0.05, 0) is 68.2 Å². The first-order chi connectivity index (χ1) is 11.1. The summed E-state index contributed by atoms with van der Waals surface area (Å²) in [6, 6.07) is 7.28. The monoisotopic (exact) mass is 317 g/mol. The van der Waals surface area contributed by atoms with Crippen molar-refractivity contribution >= 4 is 17.6 Å². The van der Waals surface area contributed by atoms with Gasteiger partial charge in [-0.1, -0.05) is 0 Å². The Morgan fingerprint density at radius 2 is 1.74 bits per heavy atom. The first-order valence-corrected chi connectivity index (χ1v) is 8.39. The predicted molar refractivity (Wildman–Crippen MR) is 86.4 cm³/mol. The number of ether oxygens (including phenoxy) is 1. The maximum absolute atomic E-state index is 12.4. The lowest BCUT2D eigenvalue weighted by atomic mass is 9.97. The quantitative estimate of drug-likeness (QED) is 0.685. The fourth-order valence-corrected chi connectivity index (χ4v) is 3.00. The van der Waals surface area contributed by atoms with E-state index in [4.69, 9.17) is 9.84 Å². The Balaban J connectivity index is 1.47. The average molecular weight is 317 g/mol. The zero-order valence-corrected chi connectivity index (χ0v) is 13.2. The van der Waals surface area contributed by atoms with Gasteiger partial charge in [0.2, 0.25) is 5.91 Å². The molecule has 0 aliphatic heterocycles. The van der Waals surface area contributed by atoms with Gasteiger partial charge < -0.3 is 15.2 Å². The molecule has 2 saturated carbocycles. The molecule has 0 spiro atoms. The molecule has 2 fully saturated rings. The van der Waals surface area contributed by atoms with Crippen LogP contribution in [-0.2, 0) is 9.59 Å². The second kappa shape index (κ2) is 7.02. The Kier molecular flexibility index (Phi) is 4.84. The topological polar surface area (TPSA) is 75.6 Å². The van der Waals surface area contributed by atoms with E-state index in [1.165, 1.54) is 25.7 Å². The van der Waals surface area contributed by atoms with Gasteiger partial charge in [-0.25, -0.2) is 0 Å². The van der Waals surface area contributed by atoms with Crippen LogP contribution in [0.5, 0.6) is 5.75 Å². The van der Waals surface area contributed by atoms with Crippen molar-refractivity contribution in [1.82, 2.24) is 0 Å². The smallest absolute Gasteiger partial charge is 0.303 e. The zero-order chi connectivity index (χ0) is 16.2. The second-order valence-corrected chi connectivity index (χ2v) is 6.56. The van der Waals surface area contributed by atoms with Crippen molar-refractivity contribution in [2.24, 2.45) is 17.8 Å². The molecule has 2 N–H and O–H groups in total. The first kappa shape index (κ1) is 15.8. The molecule has 0 bridgehead atoms. The van der Waals surface area contributed by atoms with E-state index >= 15 is 0 Å². The van der Waals surface area contributed by atoms with Crippen LogP contribution in [0.2, 0.25) is 0 Å². The van der Waals surface area contributed by atoms with Gasteiger partial charge in [-0.3, -0.25) is 9.59 Å². The summed E-state index contributed by atoms with van der Waals surface area (Å²) in [5.74, 6) is 1.42. The maximum atomic E-state index is 12.4. The third-order valence-electron chi connectivity index (χ3n) is 4.49. The summed E-state index contributed by atoms with van der Waals surface area (Å²) in [5, 5.41) is 11.6. The van der Waals surface area contributed by atoms with Crippen LogP contribution in [0, 0.1) is 17.8 Å². The Bertz CT molecular complexity index is 549. The summed E-state index contributed by atoms with van der Waals surface area (Å²) in [6.07, 6.45) is 5.36. The third kappa shape index (κ3) is 4.71. The number of hydrogen-bond acceptors (Lipinski definition) is 3. The lowest BCUT2D eigenvalue weighted by molar-refractivity contribution is -0.137. The number of anilines is 1. The van der Waals surface area contributed by atoms with Gasteiger partial charge in [0.1, 0.15) is 5.75 Å². The molecule has 0 saturated heterocycles. The van der Waals surface area contributed by atoms with Crippen LogP contribution in [0.25, 0.3) is 0 Å². The van der Waals surface area contributed by atoms with Crippen LogP contribution in [0.1, 0.15) is 38.5 Å². The first-order valence-electron chi connectivity index (χ1n) is 8.39. The molecular weight excluding hydrogens is 294 g/mol. The summed E-state index contributed by atoms with van der Waals surface area (Å²) in [7, 11) is 0. The molecule has 0 radical (unpaired) electrons. The van der Waals surface area contributed by atoms with E-state index in [1.54, 1.807) is 12.1 Å². The molecule has 0 unspecified atom stereocenters. The van der Waals surface area contributed by atoms with Gasteiger partial charge in [0, 0.05) is 18.0 Å². The minimum absolute atomic E-state index is 0.109. The number of benzene rings is 1. The van der Waals surface area contributed by atoms with Crippen molar-refractivity contribution in [2.45, 2.75) is 38.5 Å². The molecule has 3 rings (SSSR count). The summed E-state index contributed by atoms with van der Waals surface area (Å²) < 4.78 is 5.48. The highest BCUT2D eigenvalue weighted by Gasteiger charge is 2.45. The summed E-state index contributed by atoms with van der Waals surface area (Å²) >= 11 is 0. The second-order valence-electron chi connectivity index (χ2n) is 6.56. The number of carboxylic acids is 1. The standard InChI is InChI=1S/C18H23NO4/c20-16(21)2-1-11-23-15-9-7-14(8-10-15)19-18(22)17(12-3-4-12)13-5-6-13/h7-10,12-13,17H,1-6,11H2,(H,19,22)(H,20,21). The molecule has 0 heterocycles. The van der Waals surface area contributed by atoms with Crippen molar-refractivity contribution in [3.05, 3.63) is 24.3 Å². The maximum Gasteiger partial charge on any atom is 0.303 e. The fourth-order valence-electron chi connectivity index (χ4n) is 3.00. The Morgan fingerprint density at radius 3 is 2.26 bits per heavy atom. The van der Waals surface area contributed by atoms with Crippen LogP contribution in [0.4, 0.5) is 5.69 Å². The highest BCUT2D eigenvalue weighted by atomic mass is 16.5. The van der Waals surface area contributed by atoms with Gasteiger partial charge in [0.25, 0.3) is 0 Å². The lowest BCUT2D eigenvalue weighted by Crippen LogP contribution is -2.26. The van der Waals surface area contributed by atoms with E-state index < -0.39 is 5.97 Å². The minimum atomic E-state index is -0.812. The van der Waals surface area contributed by atoms with E-state index in [0.29, 0.717) is 30.6 Å². The molecule has 124 valence electrons. The normalized spacial score (nSPS) is 17.1. The fraction of sp³-hybridized carbons (Fsp3) is 0.556. The number of rotatable bonds is 9. The Morgan fingerprint density at radius 1 is 1.13 bits per heavy atom. The van der Waals surface area contributed by atoms with Crippen molar-refractivity contribution in [3.63, 3.8) is 0 Å². The molecule has 5 heteroatoms. The number of nitrogens with one attached hydrogen (secondary N) is 1.